The Morgan fingerprint density at radius 1 is 1.46 bits per heavy atom. The van der Waals surface area contributed by atoms with Crippen LogP contribution >= 0.6 is 39.9 Å². The van der Waals surface area contributed by atoms with Gasteiger partial charge in [0.25, 0.3) is 0 Å². The molecule has 1 aliphatic carbocycles. The van der Waals surface area contributed by atoms with Crippen molar-refractivity contribution < 1.29 is 0 Å². The normalized spacial score (nSPS) is 19.5. The Hall–Kier alpha value is 0.240. The van der Waals surface area contributed by atoms with Crippen LogP contribution in [0.5, 0.6) is 0 Å². The molecule has 13 heavy (non-hydrogen) atoms. The highest BCUT2D eigenvalue weighted by molar-refractivity contribution is 9.10. The van der Waals surface area contributed by atoms with E-state index in [1.165, 1.54) is 11.1 Å². The number of hydrogen-bond acceptors (Lipinski definition) is 1. The van der Waals surface area contributed by atoms with Gasteiger partial charge in [0.1, 0.15) is 0 Å². The Morgan fingerprint density at radius 3 is 2.85 bits per heavy atom. The van der Waals surface area contributed by atoms with E-state index < -0.39 is 0 Å². The zero-order chi connectivity index (χ0) is 8.72. The molecule has 0 saturated carbocycles. The lowest BCUT2D eigenvalue weighted by Gasteiger charge is -2.06. The Morgan fingerprint density at radius 2 is 2.15 bits per heavy atom. The van der Waals surface area contributed by atoms with Crippen LogP contribution in [-0.2, 0) is 6.42 Å². The Bertz CT molecular complexity index is 328. The largest absolute Gasteiger partial charge is 0.324 e. The molecule has 0 radical (unpaired) electrons. The second-order valence-corrected chi connectivity index (χ2v) is 4.39. The van der Waals surface area contributed by atoms with Crippen LogP contribution in [-0.4, -0.2) is 0 Å². The van der Waals surface area contributed by atoms with Crippen molar-refractivity contribution in [1.29, 1.82) is 0 Å². The third-order valence-corrected chi connectivity index (χ3v) is 3.23. The molecule has 0 amide bonds. The third kappa shape index (κ3) is 2.01. The zero-order valence-electron chi connectivity index (χ0n) is 6.89. The molecule has 1 aliphatic rings. The highest BCUT2D eigenvalue weighted by Gasteiger charge is 2.21. The molecule has 2 N–H and O–H groups in total. The van der Waals surface area contributed by atoms with Crippen molar-refractivity contribution >= 4 is 39.9 Å². The summed E-state index contributed by atoms with van der Waals surface area (Å²) in [6, 6.07) is 4.08. The van der Waals surface area contributed by atoms with Gasteiger partial charge in [0.15, 0.2) is 0 Å². The number of fused-ring (bicyclic) bond motifs is 1. The van der Waals surface area contributed by atoms with E-state index in [9.17, 15) is 0 Å². The quantitative estimate of drug-likeness (QED) is 0.775. The highest BCUT2D eigenvalue weighted by Crippen LogP contribution is 2.36. The molecule has 4 heteroatoms. The van der Waals surface area contributed by atoms with Crippen LogP contribution in [0.3, 0.4) is 0 Å². The van der Waals surface area contributed by atoms with Crippen LogP contribution in [0.25, 0.3) is 0 Å². The van der Waals surface area contributed by atoms with Gasteiger partial charge in [0.05, 0.1) is 0 Å². The van der Waals surface area contributed by atoms with Crippen LogP contribution < -0.4 is 5.73 Å². The zero-order valence-corrected chi connectivity index (χ0v) is 10.0. The van der Waals surface area contributed by atoms with Gasteiger partial charge < -0.3 is 5.73 Å². The lowest BCUT2D eigenvalue weighted by molar-refractivity contribution is 0.713. The maximum Gasteiger partial charge on any atom is 0.0420 e. The molecule has 0 heterocycles. The molecule has 1 aromatic rings. The summed E-state index contributed by atoms with van der Waals surface area (Å²) in [6.07, 6.45) is 2.10. The molecule has 0 aromatic heterocycles. The highest BCUT2D eigenvalue weighted by atomic mass is 79.9. The second kappa shape index (κ2) is 4.18. The van der Waals surface area contributed by atoms with Crippen LogP contribution in [0, 0.1) is 0 Å². The molecule has 0 bridgehead atoms. The van der Waals surface area contributed by atoms with E-state index in [4.69, 9.17) is 17.3 Å². The van der Waals surface area contributed by atoms with Crippen molar-refractivity contribution in [2.75, 3.05) is 0 Å². The molecule has 0 aliphatic heterocycles. The van der Waals surface area contributed by atoms with Gasteiger partial charge in [0, 0.05) is 15.5 Å². The topological polar surface area (TPSA) is 26.0 Å². The van der Waals surface area contributed by atoms with E-state index in [2.05, 4.69) is 15.9 Å². The van der Waals surface area contributed by atoms with E-state index >= 15 is 0 Å². The first-order valence-corrected chi connectivity index (χ1v) is 5.09. The van der Waals surface area contributed by atoms with E-state index in [0.717, 1.165) is 22.3 Å². The van der Waals surface area contributed by atoms with Crippen LogP contribution in [0.1, 0.15) is 23.6 Å². The molecule has 1 atom stereocenters. The van der Waals surface area contributed by atoms with Gasteiger partial charge in [-0.25, -0.2) is 0 Å². The number of rotatable bonds is 0. The number of hydrogen-bond donors (Lipinski definition) is 1. The molecular formula is C9H10BrCl2N. The third-order valence-electron chi connectivity index (χ3n) is 2.30. The maximum absolute atomic E-state index is 5.91. The van der Waals surface area contributed by atoms with Gasteiger partial charge in [0.2, 0.25) is 0 Å². The first kappa shape index (κ1) is 11.3. The predicted octanol–water partition coefficient (Wildman–Crippen LogP) is 3.47. The summed E-state index contributed by atoms with van der Waals surface area (Å²) in [4.78, 5) is 0. The average Bonchev–Trinajstić information content (AvgIpc) is 2.33. The smallest absolute Gasteiger partial charge is 0.0420 e. The van der Waals surface area contributed by atoms with Gasteiger partial charge in [-0.3, -0.25) is 0 Å². The van der Waals surface area contributed by atoms with Gasteiger partial charge in [-0.1, -0.05) is 27.5 Å². The Kier molecular flexibility index (Phi) is 3.64. The standard InChI is InChI=1S/C9H9BrClN.ClH/c10-8-4-5(11)3-7-6(8)1-2-9(7)12;/h3-4,9H,1-2,12H2;1H/t9-;/m0./s1. The molecule has 72 valence electrons. The first-order valence-electron chi connectivity index (χ1n) is 3.92. The fourth-order valence-electron chi connectivity index (χ4n) is 1.67. The number of benzene rings is 1. The van der Waals surface area contributed by atoms with Crippen molar-refractivity contribution in [2.45, 2.75) is 18.9 Å². The van der Waals surface area contributed by atoms with E-state index in [-0.39, 0.29) is 18.4 Å². The molecule has 1 aromatic carbocycles. The van der Waals surface area contributed by atoms with E-state index in [1.807, 2.05) is 12.1 Å². The monoisotopic (exact) mass is 281 g/mol. The summed E-state index contributed by atoms with van der Waals surface area (Å²) in [6.45, 7) is 0. The summed E-state index contributed by atoms with van der Waals surface area (Å²) >= 11 is 9.39. The molecule has 1 nitrogen and oxygen atoms in total. The number of halogens is 3. The van der Waals surface area contributed by atoms with Crippen molar-refractivity contribution in [2.24, 2.45) is 5.73 Å². The average molecular weight is 283 g/mol. The number of nitrogens with two attached hydrogens (primary N) is 1. The Labute approximate surface area is 97.2 Å². The maximum atomic E-state index is 5.91. The van der Waals surface area contributed by atoms with Crippen LogP contribution in [0.4, 0.5) is 0 Å². The van der Waals surface area contributed by atoms with Crippen LogP contribution in [0.15, 0.2) is 16.6 Å². The predicted molar refractivity (Wildman–Crippen MR) is 61.6 cm³/mol. The van der Waals surface area contributed by atoms with E-state index in [1.54, 1.807) is 0 Å². The minimum absolute atomic E-state index is 0. The minimum Gasteiger partial charge on any atom is -0.324 e. The summed E-state index contributed by atoms with van der Waals surface area (Å²) in [5, 5.41) is 0.762. The first-order chi connectivity index (χ1) is 5.68. The molecular weight excluding hydrogens is 273 g/mol. The van der Waals surface area contributed by atoms with Gasteiger partial charge >= 0.3 is 0 Å². The van der Waals surface area contributed by atoms with Crippen molar-refractivity contribution in [1.82, 2.24) is 0 Å². The summed E-state index contributed by atoms with van der Waals surface area (Å²) in [5.74, 6) is 0. The van der Waals surface area contributed by atoms with Crippen molar-refractivity contribution in [3.05, 3.63) is 32.8 Å². The lowest BCUT2D eigenvalue weighted by Crippen LogP contribution is -2.04. The van der Waals surface area contributed by atoms with Crippen LogP contribution in [0.2, 0.25) is 5.02 Å². The molecule has 0 fully saturated rings. The molecule has 0 saturated heterocycles. The SMILES string of the molecule is Cl.N[C@H]1CCc2c(Br)cc(Cl)cc21. The van der Waals surface area contributed by atoms with Crippen molar-refractivity contribution in [3.8, 4) is 0 Å². The van der Waals surface area contributed by atoms with E-state index in [0.29, 0.717) is 0 Å². The second-order valence-electron chi connectivity index (χ2n) is 3.10. The fraction of sp³-hybridized carbons (Fsp3) is 0.333. The van der Waals surface area contributed by atoms with Gasteiger partial charge in [-0.05, 0) is 36.1 Å². The summed E-state index contributed by atoms with van der Waals surface area (Å²) < 4.78 is 1.10. The van der Waals surface area contributed by atoms with Gasteiger partial charge in [-0.2, -0.15) is 0 Å². The fourth-order valence-corrected chi connectivity index (χ4v) is 2.71. The molecule has 0 spiro atoms. The summed E-state index contributed by atoms with van der Waals surface area (Å²) in [5.41, 5.74) is 8.43. The van der Waals surface area contributed by atoms with Crippen molar-refractivity contribution in [3.63, 3.8) is 0 Å². The Balaban J connectivity index is 0.000000845. The minimum atomic E-state index is 0. The lowest BCUT2D eigenvalue weighted by atomic mass is 10.1. The molecule has 0 unspecified atom stereocenters. The molecule has 2 rings (SSSR count). The summed E-state index contributed by atoms with van der Waals surface area (Å²) in [7, 11) is 0. The van der Waals surface area contributed by atoms with Gasteiger partial charge in [-0.15, -0.1) is 12.4 Å².